The summed E-state index contributed by atoms with van der Waals surface area (Å²) in [6.45, 7) is 3.93. The van der Waals surface area contributed by atoms with Crippen molar-refractivity contribution in [3.63, 3.8) is 0 Å². The third-order valence-corrected chi connectivity index (χ3v) is 3.67. The van der Waals surface area contributed by atoms with Crippen molar-refractivity contribution in [1.29, 1.82) is 0 Å². The fourth-order valence-corrected chi connectivity index (χ4v) is 2.49. The highest BCUT2D eigenvalue weighted by atomic mass is 35.5. The van der Waals surface area contributed by atoms with Crippen LogP contribution in [0.3, 0.4) is 0 Å². The van der Waals surface area contributed by atoms with E-state index in [1.807, 2.05) is 13.8 Å². The standard InChI is InChI=1S/C11H10ClNO2S/c1-6-7(2)16-10(13-6)5-9(14)8-3-4-15-11(8)12/h3-4H,5H2,1-2H3. The molecule has 0 aliphatic carbocycles. The van der Waals surface area contributed by atoms with Crippen LogP contribution in [0.4, 0.5) is 0 Å². The third-order valence-electron chi connectivity index (χ3n) is 2.30. The Morgan fingerprint density at radius 1 is 1.56 bits per heavy atom. The second kappa shape index (κ2) is 4.39. The molecular formula is C11H10ClNO2S. The fourth-order valence-electron chi connectivity index (χ4n) is 1.34. The smallest absolute Gasteiger partial charge is 0.203 e. The highest BCUT2D eigenvalue weighted by Gasteiger charge is 2.15. The second-order valence-corrected chi connectivity index (χ2v) is 5.09. The topological polar surface area (TPSA) is 43.1 Å². The Balaban J connectivity index is 2.17. The summed E-state index contributed by atoms with van der Waals surface area (Å²) in [5.74, 6) is -0.0625. The SMILES string of the molecule is Cc1nc(CC(=O)c2ccoc2Cl)sc1C. The van der Waals surface area contributed by atoms with Crippen molar-refractivity contribution in [2.45, 2.75) is 20.3 Å². The lowest BCUT2D eigenvalue weighted by Gasteiger charge is -1.94. The Morgan fingerprint density at radius 2 is 2.31 bits per heavy atom. The van der Waals surface area contributed by atoms with Gasteiger partial charge in [0.2, 0.25) is 5.22 Å². The molecule has 5 heteroatoms. The number of rotatable bonds is 3. The number of aryl methyl sites for hydroxylation is 2. The number of halogens is 1. The van der Waals surface area contributed by atoms with Gasteiger partial charge in [-0.2, -0.15) is 0 Å². The minimum absolute atomic E-state index is 0.0625. The van der Waals surface area contributed by atoms with Crippen LogP contribution in [-0.2, 0) is 6.42 Å². The van der Waals surface area contributed by atoms with Crippen LogP contribution in [0.1, 0.15) is 25.9 Å². The van der Waals surface area contributed by atoms with Crippen LogP contribution in [0.15, 0.2) is 16.7 Å². The maximum absolute atomic E-state index is 11.8. The first-order valence-electron chi connectivity index (χ1n) is 4.77. The minimum Gasteiger partial charge on any atom is -0.452 e. The quantitative estimate of drug-likeness (QED) is 0.789. The third kappa shape index (κ3) is 2.18. The van der Waals surface area contributed by atoms with Crippen LogP contribution >= 0.6 is 22.9 Å². The molecule has 2 rings (SSSR count). The first-order chi connectivity index (χ1) is 7.58. The van der Waals surface area contributed by atoms with Gasteiger partial charge in [0.25, 0.3) is 0 Å². The van der Waals surface area contributed by atoms with E-state index in [-0.39, 0.29) is 17.4 Å². The normalized spacial score (nSPS) is 10.7. The van der Waals surface area contributed by atoms with Gasteiger partial charge < -0.3 is 4.42 Å². The summed E-state index contributed by atoms with van der Waals surface area (Å²) in [5.41, 5.74) is 1.40. The molecule has 0 aliphatic rings. The van der Waals surface area contributed by atoms with Crippen molar-refractivity contribution in [3.8, 4) is 0 Å². The Hall–Kier alpha value is -1.13. The number of thiazole rings is 1. The molecule has 0 saturated carbocycles. The Kier molecular flexibility index (Phi) is 3.12. The molecule has 0 atom stereocenters. The van der Waals surface area contributed by atoms with Crippen molar-refractivity contribution in [2.24, 2.45) is 0 Å². The molecule has 0 unspecified atom stereocenters. The molecule has 2 aromatic rings. The number of carbonyl (C=O) groups is 1. The molecule has 3 nitrogen and oxygen atoms in total. The molecule has 0 N–H and O–H groups in total. The van der Waals surface area contributed by atoms with Gasteiger partial charge in [-0.3, -0.25) is 4.79 Å². The van der Waals surface area contributed by atoms with E-state index >= 15 is 0 Å². The highest BCUT2D eigenvalue weighted by Crippen LogP contribution is 2.22. The zero-order chi connectivity index (χ0) is 11.7. The first kappa shape index (κ1) is 11.4. The lowest BCUT2D eigenvalue weighted by molar-refractivity contribution is 0.0992. The molecule has 16 heavy (non-hydrogen) atoms. The number of Topliss-reactive ketones (excluding diaryl/α,β-unsaturated/α-hetero) is 1. The molecule has 0 radical (unpaired) electrons. The van der Waals surface area contributed by atoms with Gasteiger partial charge >= 0.3 is 0 Å². The summed E-state index contributed by atoms with van der Waals surface area (Å²) in [6, 6.07) is 1.58. The van der Waals surface area contributed by atoms with E-state index in [0.717, 1.165) is 15.6 Å². The molecule has 0 saturated heterocycles. The predicted molar refractivity (Wildman–Crippen MR) is 63.3 cm³/mol. The summed E-state index contributed by atoms with van der Waals surface area (Å²) in [5, 5.41) is 0.965. The van der Waals surface area contributed by atoms with E-state index in [0.29, 0.717) is 5.56 Å². The summed E-state index contributed by atoms with van der Waals surface area (Å²) in [6.07, 6.45) is 1.69. The van der Waals surface area contributed by atoms with Gasteiger partial charge in [0, 0.05) is 4.88 Å². The number of aromatic nitrogens is 1. The van der Waals surface area contributed by atoms with E-state index < -0.39 is 0 Å². The molecule has 0 bridgehead atoms. The highest BCUT2D eigenvalue weighted by molar-refractivity contribution is 7.11. The largest absolute Gasteiger partial charge is 0.452 e. The number of carbonyl (C=O) groups excluding carboxylic acids is 1. The number of hydrogen-bond donors (Lipinski definition) is 0. The summed E-state index contributed by atoms with van der Waals surface area (Å²) < 4.78 is 4.88. The fraction of sp³-hybridized carbons (Fsp3) is 0.273. The molecule has 0 spiro atoms. The van der Waals surface area contributed by atoms with Crippen molar-refractivity contribution in [1.82, 2.24) is 4.98 Å². The van der Waals surface area contributed by atoms with Gasteiger partial charge in [0.1, 0.15) is 5.01 Å². The van der Waals surface area contributed by atoms with E-state index in [2.05, 4.69) is 4.98 Å². The van der Waals surface area contributed by atoms with Crippen LogP contribution in [0.25, 0.3) is 0 Å². The molecule has 0 aliphatic heterocycles. The number of ketones is 1. The van der Waals surface area contributed by atoms with E-state index in [4.69, 9.17) is 16.0 Å². The van der Waals surface area contributed by atoms with E-state index in [9.17, 15) is 4.79 Å². The Labute approximate surface area is 102 Å². The van der Waals surface area contributed by atoms with Gasteiger partial charge in [-0.25, -0.2) is 4.98 Å². The van der Waals surface area contributed by atoms with E-state index in [1.165, 1.54) is 6.26 Å². The molecular weight excluding hydrogens is 246 g/mol. The second-order valence-electron chi connectivity index (χ2n) is 3.46. The van der Waals surface area contributed by atoms with E-state index in [1.54, 1.807) is 17.4 Å². The maximum atomic E-state index is 11.8. The summed E-state index contributed by atoms with van der Waals surface area (Å²) in [7, 11) is 0. The lowest BCUT2D eigenvalue weighted by atomic mass is 10.2. The number of hydrogen-bond acceptors (Lipinski definition) is 4. The number of furan rings is 1. The van der Waals surface area contributed by atoms with Gasteiger partial charge in [0.15, 0.2) is 5.78 Å². The number of nitrogens with zero attached hydrogens (tertiary/aromatic N) is 1. The van der Waals surface area contributed by atoms with Gasteiger partial charge in [-0.1, -0.05) is 0 Å². The molecule has 0 aromatic carbocycles. The van der Waals surface area contributed by atoms with Crippen LogP contribution in [0.2, 0.25) is 5.22 Å². The molecule has 0 fully saturated rings. The van der Waals surface area contributed by atoms with Crippen LogP contribution < -0.4 is 0 Å². The average molecular weight is 256 g/mol. The van der Waals surface area contributed by atoms with Crippen molar-refractivity contribution in [3.05, 3.63) is 38.7 Å². The van der Waals surface area contributed by atoms with Crippen LogP contribution in [-0.4, -0.2) is 10.8 Å². The minimum atomic E-state index is -0.0625. The summed E-state index contributed by atoms with van der Waals surface area (Å²) in [4.78, 5) is 17.3. The molecule has 0 amide bonds. The van der Waals surface area contributed by atoms with Crippen LogP contribution in [0, 0.1) is 13.8 Å². The monoisotopic (exact) mass is 255 g/mol. The van der Waals surface area contributed by atoms with Gasteiger partial charge in [-0.05, 0) is 31.5 Å². The molecule has 2 heterocycles. The van der Waals surface area contributed by atoms with Crippen molar-refractivity contribution >= 4 is 28.7 Å². The van der Waals surface area contributed by atoms with Crippen LogP contribution in [0.5, 0.6) is 0 Å². The zero-order valence-electron chi connectivity index (χ0n) is 8.91. The lowest BCUT2D eigenvalue weighted by Crippen LogP contribution is -2.02. The van der Waals surface area contributed by atoms with Gasteiger partial charge in [-0.15, -0.1) is 11.3 Å². The molecule has 84 valence electrons. The van der Waals surface area contributed by atoms with Crippen molar-refractivity contribution < 1.29 is 9.21 Å². The Bertz CT molecular complexity index is 510. The Morgan fingerprint density at radius 3 is 2.81 bits per heavy atom. The maximum Gasteiger partial charge on any atom is 0.203 e. The predicted octanol–water partition coefficient (Wildman–Crippen LogP) is 3.43. The molecule has 2 aromatic heterocycles. The zero-order valence-corrected chi connectivity index (χ0v) is 10.5. The van der Waals surface area contributed by atoms with Crippen molar-refractivity contribution in [2.75, 3.05) is 0 Å². The first-order valence-corrected chi connectivity index (χ1v) is 5.96. The summed E-state index contributed by atoms with van der Waals surface area (Å²) >= 11 is 7.27. The average Bonchev–Trinajstić information content (AvgIpc) is 2.74. The van der Waals surface area contributed by atoms with Gasteiger partial charge in [0.05, 0.1) is 23.9 Å².